The number of hydrogen-bond acceptors (Lipinski definition) is 5. The Hall–Kier alpha value is -1.38. The minimum absolute atomic E-state index is 0. The van der Waals surface area contributed by atoms with Crippen molar-refractivity contribution in [3.63, 3.8) is 0 Å². The Labute approximate surface area is 201 Å². The van der Waals surface area contributed by atoms with Gasteiger partial charge in [-0.15, -0.1) is 24.8 Å². The summed E-state index contributed by atoms with van der Waals surface area (Å²) in [5.41, 5.74) is 1.31. The highest BCUT2D eigenvalue weighted by Crippen LogP contribution is 2.52. The van der Waals surface area contributed by atoms with Crippen LogP contribution in [0, 0.1) is 11.3 Å². The molecule has 0 radical (unpaired) electrons. The highest BCUT2D eigenvalue weighted by Gasteiger charge is 2.54. The molecule has 2 fully saturated rings. The molecule has 1 amide bonds. The maximum Gasteiger partial charge on any atom is 0.223 e. The SMILES string of the molecule is CCNCCNC(=O)C1CC2(C1)CN(Cc1nc(-c3ccc(Cl)cc3)nn1C)C2.Cl.Cl. The van der Waals surface area contributed by atoms with E-state index >= 15 is 0 Å². The predicted octanol–water partition coefficient (Wildman–Crippen LogP) is 2.92. The summed E-state index contributed by atoms with van der Waals surface area (Å²) in [6.07, 6.45) is 2.01. The number of likely N-dealkylation sites (N-methyl/N-ethyl adjacent to an activating group) is 1. The number of carbonyl (C=O) groups is 1. The van der Waals surface area contributed by atoms with Gasteiger partial charge in [-0.2, -0.15) is 5.10 Å². The maximum atomic E-state index is 12.2. The molecule has 0 unspecified atom stereocenters. The molecule has 31 heavy (non-hydrogen) atoms. The quantitative estimate of drug-likeness (QED) is 0.558. The lowest BCUT2D eigenvalue weighted by Crippen LogP contribution is -2.63. The fraction of sp³-hybridized carbons (Fsp3) is 0.571. The fourth-order valence-corrected chi connectivity index (χ4v) is 4.64. The van der Waals surface area contributed by atoms with Gasteiger partial charge in [-0.3, -0.25) is 14.4 Å². The normalized spacial score (nSPS) is 17.3. The molecule has 1 aromatic carbocycles. The largest absolute Gasteiger partial charge is 0.355 e. The van der Waals surface area contributed by atoms with E-state index in [4.69, 9.17) is 16.6 Å². The molecule has 1 saturated heterocycles. The lowest BCUT2D eigenvalue weighted by Gasteiger charge is -2.58. The van der Waals surface area contributed by atoms with Gasteiger partial charge in [-0.25, -0.2) is 4.98 Å². The molecule has 2 aliphatic rings. The van der Waals surface area contributed by atoms with Crippen LogP contribution in [-0.4, -0.2) is 58.3 Å². The predicted molar refractivity (Wildman–Crippen MR) is 128 cm³/mol. The molecule has 2 heterocycles. The number of rotatable bonds is 8. The molecule has 1 spiro atoms. The van der Waals surface area contributed by atoms with Crippen molar-refractivity contribution in [3.8, 4) is 11.4 Å². The van der Waals surface area contributed by atoms with Gasteiger partial charge in [0.05, 0.1) is 6.54 Å². The van der Waals surface area contributed by atoms with Crippen LogP contribution in [0.1, 0.15) is 25.6 Å². The number of aryl methyl sites for hydroxylation is 1. The van der Waals surface area contributed by atoms with Gasteiger partial charge in [0.15, 0.2) is 5.82 Å². The van der Waals surface area contributed by atoms with Gasteiger partial charge in [-0.1, -0.05) is 18.5 Å². The average molecular weight is 490 g/mol. The van der Waals surface area contributed by atoms with Crippen LogP contribution in [0.2, 0.25) is 5.02 Å². The molecule has 4 rings (SSSR count). The molecular weight excluding hydrogens is 459 g/mol. The molecule has 0 bridgehead atoms. The Morgan fingerprint density at radius 1 is 1.19 bits per heavy atom. The van der Waals surface area contributed by atoms with Crippen molar-refractivity contribution in [2.24, 2.45) is 18.4 Å². The highest BCUT2D eigenvalue weighted by atomic mass is 35.5. The summed E-state index contributed by atoms with van der Waals surface area (Å²) >= 11 is 5.96. The number of carbonyl (C=O) groups excluding carboxylic acids is 1. The molecular formula is C21H31Cl3N6O. The van der Waals surface area contributed by atoms with E-state index < -0.39 is 0 Å². The molecule has 1 aliphatic carbocycles. The number of hydrogen-bond donors (Lipinski definition) is 2. The Balaban J connectivity index is 0.00000171. The molecule has 10 heteroatoms. The minimum atomic E-state index is 0. The zero-order chi connectivity index (χ0) is 20.4. The summed E-state index contributed by atoms with van der Waals surface area (Å²) in [5.74, 6) is 2.09. The van der Waals surface area contributed by atoms with Crippen LogP contribution in [0.5, 0.6) is 0 Å². The van der Waals surface area contributed by atoms with E-state index in [1.165, 1.54) is 0 Å². The molecule has 1 saturated carbocycles. The van der Waals surface area contributed by atoms with Crippen molar-refractivity contribution in [1.29, 1.82) is 0 Å². The summed E-state index contributed by atoms with van der Waals surface area (Å²) in [6, 6.07) is 7.60. The Bertz CT molecular complexity index is 859. The van der Waals surface area contributed by atoms with Gasteiger partial charge >= 0.3 is 0 Å². The van der Waals surface area contributed by atoms with Crippen LogP contribution in [0.15, 0.2) is 24.3 Å². The zero-order valence-electron chi connectivity index (χ0n) is 17.9. The van der Waals surface area contributed by atoms with Crippen LogP contribution < -0.4 is 10.6 Å². The molecule has 2 N–H and O–H groups in total. The van der Waals surface area contributed by atoms with E-state index in [1.54, 1.807) is 0 Å². The lowest BCUT2D eigenvalue weighted by molar-refractivity contribution is -0.145. The Kier molecular flexibility index (Phi) is 9.15. The number of amides is 1. The van der Waals surface area contributed by atoms with Gasteiger partial charge < -0.3 is 10.6 Å². The third-order valence-corrected chi connectivity index (χ3v) is 6.27. The molecule has 1 aliphatic heterocycles. The zero-order valence-corrected chi connectivity index (χ0v) is 20.3. The molecule has 7 nitrogen and oxygen atoms in total. The first-order chi connectivity index (χ1) is 14.0. The summed E-state index contributed by atoms with van der Waals surface area (Å²) in [7, 11) is 1.94. The van der Waals surface area contributed by atoms with Crippen molar-refractivity contribution in [1.82, 2.24) is 30.3 Å². The van der Waals surface area contributed by atoms with Crippen molar-refractivity contribution in [2.45, 2.75) is 26.3 Å². The third kappa shape index (κ3) is 5.90. The molecule has 1 aromatic heterocycles. The summed E-state index contributed by atoms with van der Waals surface area (Å²) in [5, 5.41) is 11.5. The first kappa shape index (κ1) is 25.9. The highest BCUT2D eigenvalue weighted by molar-refractivity contribution is 6.30. The maximum absolute atomic E-state index is 12.2. The lowest BCUT2D eigenvalue weighted by atomic mass is 9.57. The van der Waals surface area contributed by atoms with Crippen molar-refractivity contribution in [2.75, 3.05) is 32.7 Å². The number of likely N-dealkylation sites (tertiary alicyclic amines) is 1. The van der Waals surface area contributed by atoms with Crippen molar-refractivity contribution >= 4 is 42.3 Å². The van der Waals surface area contributed by atoms with Crippen molar-refractivity contribution in [3.05, 3.63) is 35.1 Å². The number of aromatic nitrogens is 3. The molecule has 0 atom stereocenters. The van der Waals surface area contributed by atoms with Gasteiger partial charge in [0.1, 0.15) is 5.82 Å². The summed E-state index contributed by atoms with van der Waals surface area (Å²) < 4.78 is 1.86. The average Bonchev–Trinajstić information content (AvgIpc) is 3.00. The minimum Gasteiger partial charge on any atom is -0.355 e. The Morgan fingerprint density at radius 2 is 1.87 bits per heavy atom. The van der Waals surface area contributed by atoms with E-state index in [0.717, 1.165) is 62.8 Å². The Morgan fingerprint density at radius 3 is 2.52 bits per heavy atom. The second-order valence-electron chi connectivity index (χ2n) is 8.38. The van der Waals surface area contributed by atoms with Crippen LogP contribution >= 0.6 is 36.4 Å². The van der Waals surface area contributed by atoms with Gasteiger partial charge in [-0.05, 0) is 49.1 Å². The van der Waals surface area contributed by atoms with Crippen LogP contribution in [-0.2, 0) is 18.4 Å². The standard InChI is InChI=1S/C21H29ClN6O.2ClH/c1-3-23-8-9-24-20(29)16-10-21(11-16)13-28(14-21)12-18-25-19(26-27(18)2)15-4-6-17(22)7-5-15;;/h4-7,16,23H,3,8-14H2,1-2H3,(H,24,29);2*1H. The topological polar surface area (TPSA) is 75.1 Å². The van der Waals surface area contributed by atoms with Crippen molar-refractivity contribution < 1.29 is 4.79 Å². The van der Waals surface area contributed by atoms with E-state index in [9.17, 15) is 4.79 Å². The van der Waals surface area contributed by atoms with E-state index in [2.05, 4.69) is 27.6 Å². The fourth-order valence-electron chi connectivity index (χ4n) is 4.51. The molecule has 172 valence electrons. The van der Waals surface area contributed by atoms with Gasteiger partial charge in [0.2, 0.25) is 5.91 Å². The monoisotopic (exact) mass is 488 g/mol. The number of benzene rings is 1. The smallest absolute Gasteiger partial charge is 0.223 e. The van der Waals surface area contributed by atoms with Crippen LogP contribution in [0.25, 0.3) is 11.4 Å². The summed E-state index contributed by atoms with van der Waals surface area (Å²) in [6.45, 7) is 7.42. The second-order valence-corrected chi connectivity index (χ2v) is 8.81. The van der Waals surface area contributed by atoms with E-state index in [0.29, 0.717) is 17.0 Å². The van der Waals surface area contributed by atoms with E-state index in [-0.39, 0.29) is 36.6 Å². The first-order valence-corrected chi connectivity index (χ1v) is 10.7. The van der Waals surface area contributed by atoms with Gasteiger partial charge in [0.25, 0.3) is 0 Å². The van der Waals surface area contributed by atoms with Crippen LogP contribution in [0.3, 0.4) is 0 Å². The molecule has 2 aromatic rings. The third-order valence-electron chi connectivity index (χ3n) is 6.02. The number of halogens is 3. The number of nitrogens with one attached hydrogen (secondary N) is 2. The van der Waals surface area contributed by atoms with E-state index in [1.807, 2.05) is 36.0 Å². The van der Waals surface area contributed by atoms with Crippen LogP contribution in [0.4, 0.5) is 0 Å². The summed E-state index contributed by atoms with van der Waals surface area (Å²) in [4.78, 5) is 19.3. The van der Waals surface area contributed by atoms with Gasteiger partial charge in [0, 0.05) is 49.7 Å². The second kappa shape index (κ2) is 11.0. The first-order valence-electron chi connectivity index (χ1n) is 10.3. The number of nitrogens with zero attached hydrogens (tertiary/aromatic N) is 4.